The predicted molar refractivity (Wildman–Crippen MR) is 88.8 cm³/mol. The number of carbonyl (C=O) groups is 2. The van der Waals surface area contributed by atoms with Crippen molar-refractivity contribution in [3.8, 4) is 5.75 Å². The van der Waals surface area contributed by atoms with Crippen molar-refractivity contribution >= 4 is 27.5 Å². The van der Waals surface area contributed by atoms with Crippen LogP contribution in [-0.4, -0.2) is 22.7 Å². The minimum absolute atomic E-state index is 0.0925. The van der Waals surface area contributed by atoms with E-state index in [1.54, 1.807) is 20.8 Å². The lowest BCUT2D eigenvalue weighted by Crippen LogP contribution is -2.25. The Kier molecular flexibility index (Phi) is 5.04. The molecule has 0 radical (unpaired) electrons. The van der Waals surface area contributed by atoms with Gasteiger partial charge in [-0.05, 0) is 67.4 Å². The molecule has 0 spiro atoms. The molecule has 0 saturated heterocycles. The summed E-state index contributed by atoms with van der Waals surface area (Å²) in [5, 5.41) is 0. The van der Waals surface area contributed by atoms with Gasteiger partial charge in [-0.15, -0.1) is 0 Å². The molecule has 0 aliphatic rings. The molecule has 6 heteroatoms. The molecule has 1 heterocycles. The molecule has 23 heavy (non-hydrogen) atoms. The number of Topliss-reactive ketones (excluding diaryl/α,β-unsaturated/α-hetero) is 2. The highest BCUT2D eigenvalue weighted by molar-refractivity contribution is 9.10. The molecule has 0 unspecified atom stereocenters. The summed E-state index contributed by atoms with van der Waals surface area (Å²) in [5.41, 5.74) is 2.17. The summed E-state index contributed by atoms with van der Waals surface area (Å²) in [7, 11) is 0. The molecule has 0 aliphatic heterocycles. The van der Waals surface area contributed by atoms with Crippen LogP contribution in [-0.2, 0) is 0 Å². The van der Waals surface area contributed by atoms with Crippen molar-refractivity contribution in [3.05, 3.63) is 51.0 Å². The summed E-state index contributed by atoms with van der Waals surface area (Å²) < 4.78 is 19.1. The quantitative estimate of drug-likeness (QED) is 0.781. The Morgan fingerprint density at radius 1 is 1.30 bits per heavy atom. The van der Waals surface area contributed by atoms with Crippen molar-refractivity contribution in [2.24, 2.45) is 0 Å². The molecule has 1 aromatic heterocycles. The Balaban J connectivity index is 2.27. The van der Waals surface area contributed by atoms with Crippen LogP contribution in [0.25, 0.3) is 0 Å². The molecule has 0 saturated carbocycles. The number of rotatable bonds is 5. The first-order chi connectivity index (χ1) is 10.7. The third-order valence-corrected chi connectivity index (χ3v) is 4.22. The van der Waals surface area contributed by atoms with Crippen LogP contribution in [0.15, 0.2) is 22.7 Å². The summed E-state index contributed by atoms with van der Waals surface area (Å²) in [6.07, 6.45) is -0.784. The average molecular weight is 382 g/mol. The van der Waals surface area contributed by atoms with Gasteiger partial charge < -0.3 is 9.72 Å². The lowest BCUT2D eigenvalue weighted by molar-refractivity contribution is 0.0811. The van der Waals surface area contributed by atoms with E-state index in [1.807, 2.05) is 0 Å². The molecule has 1 N–H and O–H groups in total. The maximum absolute atomic E-state index is 13.1. The zero-order valence-corrected chi connectivity index (χ0v) is 14.9. The lowest BCUT2D eigenvalue weighted by atomic mass is 10.0. The monoisotopic (exact) mass is 381 g/mol. The fourth-order valence-electron chi connectivity index (χ4n) is 2.54. The van der Waals surface area contributed by atoms with Gasteiger partial charge >= 0.3 is 0 Å². The Morgan fingerprint density at radius 2 is 1.96 bits per heavy atom. The number of H-pyrrole nitrogens is 1. The van der Waals surface area contributed by atoms with Crippen LogP contribution >= 0.6 is 15.9 Å². The van der Waals surface area contributed by atoms with E-state index < -0.39 is 11.9 Å². The maximum Gasteiger partial charge on any atom is 0.219 e. The highest BCUT2D eigenvalue weighted by atomic mass is 79.9. The smallest absolute Gasteiger partial charge is 0.219 e. The number of aromatic amines is 1. The number of hydrogen-bond acceptors (Lipinski definition) is 3. The van der Waals surface area contributed by atoms with Crippen LogP contribution in [0.2, 0.25) is 0 Å². The first kappa shape index (κ1) is 17.4. The zero-order valence-electron chi connectivity index (χ0n) is 13.3. The van der Waals surface area contributed by atoms with Gasteiger partial charge in [0.05, 0.1) is 10.2 Å². The topological polar surface area (TPSA) is 59.2 Å². The normalized spacial score (nSPS) is 12.1. The average Bonchev–Trinajstić information content (AvgIpc) is 2.76. The van der Waals surface area contributed by atoms with E-state index in [4.69, 9.17) is 4.74 Å². The van der Waals surface area contributed by atoms with Crippen LogP contribution in [0.4, 0.5) is 4.39 Å². The van der Waals surface area contributed by atoms with E-state index in [1.165, 1.54) is 25.1 Å². The van der Waals surface area contributed by atoms with Crippen molar-refractivity contribution in [3.63, 3.8) is 0 Å². The number of aryl methyl sites for hydroxylation is 1. The molecule has 2 aromatic rings. The number of ketones is 2. The third kappa shape index (κ3) is 3.52. The number of carbonyl (C=O) groups excluding carboxylic acids is 2. The summed E-state index contributed by atoms with van der Waals surface area (Å²) in [4.78, 5) is 27.2. The van der Waals surface area contributed by atoms with Crippen molar-refractivity contribution < 1.29 is 18.7 Å². The highest BCUT2D eigenvalue weighted by Gasteiger charge is 2.25. The van der Waals surface area contributed by atoms with Gasteiger partial charge in [-0.2, -0.15) is 0 Å². The van der Waals surface area contributed by atoms with E-state index in [0.717, 1.165) is 0 Å². The summed E-state index contributed by atoms with van der Waals surface area (Å²) in [5.74, 6) is -0.385. The largest absolute Gasteiger partial charge is 0.481 e. The number of aromatic nitrogens is 1. The van der Waals surface area contributed by atoms with Crippen molar-refractivity contribution in [2.45, 2.75) is 33.8 Å². The van der Waals surface area contributed by atoms with Crippen molar-refractivity contribution in [1.82, 2.24) is 4.98 Å². The van der Waals surface area contributed by atoms with Crippen molar-refractivity contribution in [2.75, 3.05) is 0 Å². The number of nitrogens with one attached hydrogen (secondary N) is 1. The van der Waals surface area contributed by atoms with E-state index in [2.05, 4.69) is 20.9 Å². The number of benzene rings is 1. The first-order valence-electron chi connectivity index (χ1n) is 7.08. The van der Waals surface area contributed by atoms with Gasteiger partial charge in [-0.25, -0.2) is 4.39 Å². The molecule has 1 atom stereocenters. The van der Waals surface area contributed by atoms with Gasteiger partial charge in [0.1, 0.15) is 11.6 Å². The first-order valence-corrected chi connectivity index (χ1v) is 7.87. The van der Waals surface area contributed by atoms with Crippen LogP contribution in [0.3, 0.4) is 0 Å². The number of hydrogen-bond donors (Lipinski definition) is 1. The van der Waals surface area contributed by atoms with Gasteiger partial charge in [-0.1, -0.05) is 0 Å². The van der Waals surface area contributed by atoms with Gasteiger partial charge in [0.25, 0.3) is 0 Å². The van der Waals surface area contributed by atoms with Crippen molar-refractivity contribution in [1.29, 1.82) is 0 Å². The second kappa shape index (κ2) is 6.66. The molecule has 1 aromatic carbocycles. The standard InChI is InChI=1S/C17H17BrFNO3/c1-8-15(10(3)21)9(2)20-16(8)17(22)11(4)23-14-6-5-12(19)7-13(14)18/h5-7,11,20H,1-4H3/t11-/m1/s1. The minimum Gasteiger partial charge on any atom is -0.481 e. The second-order valence-electron chi connectivity index (χ2n) is 5.38. The lowest BCUT2D eigenvalue weighted by Gasteiger charge is -2.15. The second-order valence-corrected chi connectivity index (χ2v) is 6.23. The molecule has 2 rings (SSSR count). The number of ether oxygens (including phenoxy) is 1. The predicted octanol–water partition coefficient (Wildman–Crippen LogP) is 4.39. The van der Waals surface area contributed by atoms with E-state index in [-0.39, 0.29) is 11.6 Å². The SMILES string of the molecule is CC(=O)c1c(C)[nH]c(C(=O)[C@@H](C)Oc2ccc(F)cc2Br)c1C. The Bertz CT molecular complexity index is 782. The zero-order chi connectivity index (χ0) is 17.3. The maximum atomic E-state index is 13.1. The molecule has 0 amide bonds. The molecule has 0 aliphatic carbocycles. The van der Waals surface area contributed by atoms with Gasteiger partial charge in [0, 0.05) is 11.3 Å². The Morgan fingerprint density at radius 3 is 2.48 bits per heavy atom. The fourth-order valence-corrected chi connectivity index (χ4v) is 2.99. The van der Waals surface area contributed by atoms with Crippen LogP contribution in [0.1, 0.15) is 46.0 Å². The van der Waals surface area contributed by atoms with E-state index >= 15 is 0 Å². The fraction of sp³-hybridized carbons (Fsp3) is 0.294. The van der Waals surface area contributed by atoms with Crippen LogP contribution in [0.5, 0.6) is 5.75 Å². The Labute approximate surface area is 142 Å². The van der Waals surface area contributed by atoms with Gasteiger partial charge in [0.15, 0.2) is 11.9 Å². The Hall–Kier alpha value is -1.95. The van der Waals surface area contributed by atoms with Gasteiger partial charge in [-0.3, -0.25) is 9.59 Å². The summed E-state index contributed by atoms with van der Waals surface area (Å²) in [6.45, 7) is 6.56. The molecular weight excluding hydrogens is 365 g/mol. The van der Waals surface area contributed by atoms with Gasteiger partial charge in [0.2, 0.25) is 5.78 Å². The summed E-state index contributed by atoms with van der Waals surface area (Å²) >= 11 is 3.20. The van der Waals surface area contributed by atoms with Crippen LogP contribution < -0.4 is 4.74 Å². The molecule has 0 bridgehead atoms. The van der Waals surface area contributed by atoms with E-state index in [0.29, 0.717) is 32.7 Å². The van der Waals surface area contributed by atoms with E-state index in [9.17, 15) is 14.0 Å². The molecular formula is C17H17BrFNO3. The third-order valence-electron chi connectivity index (χ3n) is 3.60. The minimum atomic E-state index is -0.784. The van der Waals surface area contributed by atoms with Crippen LogP contribution in [0, 0.1) is 19.7 Å². The molecule has 122 valence electrons. The highest BCUT2D eigenvalue weighted by Crippen LogP contribution is 2.27. The molecule has 0 fully saturated rings. The summed E-state index contributed by atoms with van der Waals surface area (Å²) in [6, 6.07) is 3.98. The number of halogens is 2. The molecule has 4 nitrogen and oxygen atoms in total.